The van der Waals surface area contributed by atoms with Gasteiger partial charge in [-0.1, -0.05) is 26.0 Å². The maximum atomic E-state index is 13.3. The van der Waals surface area contributed by atoms with Crippen molar-refractivity contribution in [2.75, 3.05) is 0 Å². The number of esters is 1. The van der Waals surface area contributed by atoms with E-state index in [-0.39, 0.29) is 0 Å². The topological polar surface area (TPSA) is 63.6 Å². The molecule has 1 N–H and O–H groups in total. The highest BCUT2D eigenvalue weighted by Crippen LogP contribution is 2.33. The number of benzene rings is 1. The maximum absolute atomic E-state index is 13.3. The van der Waals surface area contributed by atoms with Crippen molar-refractivity contribution in [1.29, 1.82) is 0 Å². The Hall–Kier alpha value is -1.91. The molecular weight excluding hydrogens is 251 g/mol. The molecule has 0 atom stereocenters. The molecule has 1 aromatic rings. The first-order valence-electron chi connectivity index (χ1n) is 6.13. The molecule has 0 spiro atoms. The van der Waals surface area contributed by atoms with Crippen LogP contribution in [0, 0.1) is 5.82 Å². The van der Waals surface area contributed by atoms with E-state index in [4.69, 9.17) is 9.84 Å². The first-order valence-corrected chi connectivity index (χ1v) is 6.13. The number of aliphatic carboxylic acids is 1. The average molecular weight is 268 g/mol. The third-order valence-electron chi connectivity index (χ3n) is 3.10. The third-order valence-corrected chi connectivity index (χ3v) is 3.10. The van der Waals surface area contributed by atoms with Gasteiger partial charge in [-0.2, -0.15) is 0 Å². The lowest BCUT2D eigenvalue weighted by molar-refractivity contribution is -0.165. The first kappa shape index (κ1) is 15.1. The molecule has 0 aliphatic carbocycles. The minimum Gasteiger partial charge on any atom is -0.481 e. The van der Waals surface area contributed by atoms with Gasteiger partial charge in [0.1, 0.15) is 17.8 Å². The van der Waals surface area contributed by atoms with E-state index in [1.165, 1.54) is 18.2 Å². The standard InChI is InChI=1S/C14H17FO4/c1-3-14(4-2,19-13(18)9-12(16)17)10-6-5-7-11(15)8-10/h5-8H,3-4,9H2,1-2H3,(H,16,17). The Morgan fingerprint density at radius 3 is 2.42 bits per heavy atom. The minimum absolute atomic E-state index is 0.418. The summed E-state index contributed by atoms with van der Waals surface area (Å²) in [4.78, 5) is 22.1. The number of carbonyl (C=O) groups excluding carboxylic acids is 1. The van der Waals surface area contributed by atoms with Gasteiger partial charge in [0.2, 0.25) is 0 Å². The zero-order valence-electron chi connectivity index (χ0n) is 11.0. The van der Waals surface area contributed by atoms with Crippen LogP contribution in [0.2, 0.25) is 0 Å². The molecule has 0 amide bonds. The summed E-state index contributed by atoms with van der Waals surface area (Å²) in [5.41, 5.74) is -0.439. The van der Waals surface area contributed by atoms with Gasteiger partial charge in [-0.05, 0) is 30.5 Å². The third kappa shape index (κ3) is 3.77. The normalized spacial score (nSPS) is 11.1. The predicted molar refractivity (Wildman–Crippen MR) is 67.0 cm³/mol. The van der Waals surface area contributed by atoms with Crippen LogP contribution in [0.25, 0.3) is 0 Å². The maximum Gasteiger partial charge on any atom is 0.318 e. The molecule has 0 unspecified atom stereocenters. The molecule has 19 heavy (non-hydrogen) atoms. The van der Waals surface area contributed by atoms with E-state index < -0.39 is 29.8 Å². The Kier molecular flexibility index (Phi) is 5.03. The van der Waals surface area contributed by atoms with E-state index in [9.17, 15) is 14.0 Å². The van der Waals surface area contributed by atoms with Crippen LogP contribution in [0.15, 0.2) is 24.3 Å². The summed E-state index contributed by atoms with van der Waals surface area (Å²) in [6.45, 7) is 3.62. The van der Waals surface area contributed by atoms with Crippen molar-refractivity contribution in [2.24, 2.45) is 0 Å². The summed E-state index contributed by atoms with van der Waals surface area (Å²) >= 11 is 0. The molecule has 0 aliphatic rings. The summed E-state index contributed by atoms with van der Waals surface area (Å²) < 4.78 is 18.6. The Labute approximate surface area is 111 Å². The van der Waals surface area contributed by atoms with E-state index in [0.717, 1.165) is 0 Å². The molecule has 0 aromatic heterocycles. The average Bonchev–Trinajstić information content (AvgIpc) is 2.35. The number of carboxylic acid groups (broad SMARTS) is 1. The summed E-state index contributed by atoms with van der Waals surface area (Å²) in [5, 5.41) is 8.58. The summed E-state index contributed by atoms with van der Waals surface area (Å²) in [5.74, 6) is -2.48. The van der Waals surface area contributed by atoms with E-state index in [1.807, 2.05) is 13.8 Å². The summed E-state index contributed by atoms with van der Waals surface area (Å²) in [7, 11) is 0. The number of carboxylic acids is 1. The van der Waals surface area contributed by atoms with Crippen LogP contribution in [0.3, 0.4) is 0 Å². The highest BCUT2D eigenvalue weighted by Gasteiger charge is 2.33. The lowest BCUT2D eigenvalue weighted by Gasteiger charge is -2.32. The number of carbonyl (C=O) groups is 2. The van der Waals surface area contributed by atoms with Crippen molar-refractivity contribution in [1.82, 2.24) is 0 Å². The highest BCUT2D eigenvalue weighted by atomic mass is 19.1. The van der Waals surface area contributed by atoms with E-state index in [0.29, 0.717) is 18.4 Å². The van der Waals surface area contributed by atoms with Gasteiger partial charge < -0.3 is 9.84 Å². The van der Waals surface area contributed by atoms with Gasteiger partial charge in [-0.15, -0.1) is 0 Å². The van der Waals surface area contributed by atoms with Gasteiger partial charge >= 0.3 is 11.9 Å². The fourth-order valence-electron chi connectivity index (χ4n) is 2.01. The molecule has 0 saturated carbocycles. The largest absolute Gasteiger partial charge is 0.481 e. The summed E-state index contributed by atoms with van der Waals surface area (Å²) in [6.07, 6.45) is 0.188. The van der Waals surface area contributed by atoms with Crippen LogP contribution in [0.5, 0.6) is 0 Å². The highest BCUT2D eigenvalue weighted by molar-refractivity contribution is 5.90. The van der Waals surface area contributed by atoms with Gasteiger partial charge in [0, 0.05) is 0 Å². The summed E-state index contributed by atoms with van der Waals surface area (Å²) in [6, 6.07) is 5.82. The molecule has 0 radical (unpaired) electrons. The van der Waals surface area contributed by atoms with Crippen molar-refractivity contribution in [3.05, 3.63) is 35.6 Å². The Balaban J connectivity index is 3.03. The predicted octanol–water partition coefficient (Wildman–Crippen LogP) is 2.86. The minimum atomic E-state index is -1.25. The first-order chi connectivity index (χ1) is 8.93. The van der Waals surface area contributed by atoms with Gasteiger partial charge in [0.15, 0.2) is 0 Å². The SMILES string of the molecule is CCC(CC)(OC(=O)CC(=O)O)c1cccc(F)c1. The Morgan fingerprint density at radius 2 is 1.95 bits per heavy atom. The van der Waals surface area contributed by atoms with Gasteiger partial charge in [-0.25, -0.2) is 4.39 Å². The second-order valence-electron chi connectivity index (χ2n) is 4.26. The molecule has 0 heterocycles. The van der Waals surface area contributed by atoms with Crippen LogP contribution in [-0.2, 0) is 19.9 Å². The zero-order chi connectivity index (χ0) is 14.5. The fourth-order valence-corrected chi connectivity index (χ4v) is 2.01. The lowest BCUT2D eigenvalue weighted by Crippen LogP contribution is -2.32. The second kappa shape index (κ2) is 6.31. The van der Waals surface area contributed by atoms with Crippen molar-refractivity contribution >= 4 is 11.9 Å². The quantitative estimate of drug-likeness (QED) is 0.636. The Bertz CT molecular complexity index is 466. The smallest absolute Gasteiger partial charge is 0.318 e. The number of halogens is 1. The monoisotopic (exact) mass is 268 g/mol. The van der Waals surface area contributed by atoms with Crippen molar-refractivity contribution in [2.45, 2.75) is 38.7 Å². The molecule has 0 fully saturated rings. The van der Waals surface area contributed by atoms with Gasteiger partial charge in [0.25, 0.3) is 0 Å². The van der Waals surface area contributed by atoms with Crippen LogP contribution in [-0.4, -0.2) is 17.0 Å². The van der Waals surface area contributed by atoms with E-state index in [1.54, 1.807) is 6.07 Å². The van der Waals surface area contributed by atoms with Crippen molar-refractivity contribution in [3.63, 3.8) is 0 Å². The fraction of sp³-hybridized carbons (Fsp3) is 0.429. The molecule has 1 aromatic carbocycles. The molecule has 5 heteroatoms. The van der Waals surface area contributed by atoms with E-state index >= 15 is 0 Å². The second-order valence-corrected chi connectivity index (χ2v) is 4.26. The molecule has 0 aliphatic heterocycles. The molecule has 4 nitrogen and oxygen atoms in total. The van der Waals surface area contributed by atoms with Crippen LogP contribution >= 0.6 is 0 Å². The van der Waals surface area contributed by atoms with E-state index in [2.05, 4.69) is 0 Å². The molecule has 1 rings (SSSR count). The zero-order valence-corrected chi connectivity index (χ0v) is 11.0. The lowest BCUT2D eigenvalue weighted by atomic mass is 9.88. The number of ether oxygens (including phenoxy) is 1. The van der Waals surface area contributed by atoms with Crippen molar-refractivity contribution in [3.8, 4) is 0 Å². The molecule has 104 valence electrons. The molecular formula is C14H17FO4. The molecule has 0 saturated heterocycles. The Morgan fingerprint density at radius 1 is 1.32 bits per heavy atom. The van der Waals surface area contributed by atoms with Gasteiger partial charge in [-0.3, -0.25) is 9.59 Å². The van der Waals surface area contributed by atoms with Gasteiger partial charge in [0.05, 0.1) is 0 Å². The van der Waals surface area contributed by atoms with Crippen LogP contribution in [0.4, 0.5) is 4.39 Å². The van der Waals surface area contributed by atoms with Crippen LogP contribution < -0.4 is 0 Å². The number of hydrogen-bond donors (Lipinski definition) is 1. The molecule has 0 bridgehead atoms. The number of rotatable bonds is 6. The van der Waals surface area contributed by atoms with Crippen molar-refractivity contribution < 1.29 is 23.8 Å². The number of hydrogen-bond acceptors (Lipinski definition) is 3. The van der Waals surface area contributed by atoms with Crippen LogP contribution in [0.1, 0.15) is 38.7 Å².